The molecular weight excluding hydrogens is 458 g/mol. The number of rotatable bonds is 12. The Morgan fingerprint density at radius 3 is 1.77 bits per heavy atom. The number of hydrogen-bond acceptors (Lipinski definition) is 4. The molecule has 35 heavy (non-hydrogen) atoms. The van der Waals surface area contributed by atoms with Gasteiger partial charge in [0.15, 0.2) is 0 Å². The quantitative estimate of drug-likeness (QED) is 0.286. The summed E-state index contributed by atoms with van der Waals surface area (Å²) in [6, 6.07) is 23.0. The minimum absolute atomic E-state index is 0.201. The average molecular weight is 494 g/mol. The van der Waals surface area contributed by atoms with Gasteiger partial charge in [-0.1, -0.05) is 54.6 Å². The Hall–Kier alpha value is -3.09. The van der Waals surface area contributed by atoms with Crippen LogP contribution in [0.3, 0.4) is 0 Å². The van der Waals surface area contributed by atoms with Crippen molar-refractivity contribution in [2.45, 2.75) is 44.5 Å². The Kier molecular flexibility index (Phi) is 9.13. The smallest absolute Gasteiger partial charge is 0.217 e. The lowest BCUT2D eigenvalue weighted by atomic mass is 9.90. The van der Waals surface area contributed by atoms with Gasteiger partial charge in [0.1, 0.15) is 11.5 Å². The van der Waals surface area contributed by atoms with Crippen LogP contribution >= 0.6 is 0 Å². The molecule has 0 aliphatic carbocycles. The van der Waals surface area contributed by atoms with Gasteiger partial charge in [-0.25, -0.2) is 8.42 Å². The van der Waals surface area contributed by atoms with Crippen LogP contribution in [0.5, 0.6) is 11.5 Å². The lowest BCUT2D eigenvalue weighted by Crippen LogP contribution is -2.39. The molecule has 0 unspecified atom stereocenters. The number of benzene rings is 3. The van der Waals surface area contributed by atoms with Crippen molar-refractivity contribution in [3.05, 3.63) is 108 Å². The molecule has 0 aliphatic heterocycles. The van der Waals surface area contributed by atoms with Crippen LogP contribution in [0.4, 0.5) is 0 Å². The third-order valence-electron chi connectivity index (χ3n) is 6.44. The van der Waals surface area contributed by atoms with Gasteiger partial charge >= 0.3 is 0 Å². The Balaban J connectivity index is 1.98. The second-order valence-electron chi connectivity index (χ2n) is 8.70. The number of methoxy groups -OCH3 is 2. The molecule has 0 saturated heterocycles. The molecule has 3 aromatic carbocycles. The van der Waals surface area contributed by atoms with Crippen LogP contribution in [0.15, 0.2) is 85.5 Å². The van der Waals surface area contributed by atoms with Crippen molar-refractivity contribution in [3.63, 3.8) is 0 Å². The van der Waals surface area contributed by atoms with Crippen molar-refractivity contribution in [2.75, 3.05) is 14.2 Å². The molecule has 2 atom stereocenters. The van der Waals surface area contributed by atoms with Gasteiger partial charge < -0.3 is 9.47 Å². The van der Waals surface area contributed by atoms with Crippen LogP contribution in [-0.4, -0.2) is 32.2 Å². The molecule has 0 aromatic heterocycles. The van der Waals surface area contributed by atoms with E-state index in [2.05, 4.69) is 6.58 Å². The number of nitrogens with zero attached hydrogens (tertiary/aromatic N) is 1. The molecule has 0 aliphatic rings. The van der Waals surface area contributed by atoms with Crippen molar-refractivity contribution < 1.29 is 17.9 Å². The van der Waals surface area contributed by atoms with Gasteiger partial charge in [-0.3, -0.25) is 0 Å². The minimum atomic E-state index is -3.69. The summed E-state index contributed by atoms with van der Waals surface area (Å²) in [6.45, 7) is 8.26. The Morgan fingerprint density at radius 2 is 1.34 bits per heavy atom. The second-order valence-corrected chi connectivity index (χ2v) is 11.0. The highest BCUT2D eigenvalue weighted by molar-refractivity contribution is 7.89. The summed E-state index contributed by atoms with van der Waals surface area (Å²) in [5, 5.41) is -0.641. The summed E-state index contributed by atoms with van der Waals surface area (Å²) < 4.78 is 40.4. The summed E-state index contributed by atoms with van der Waals surface area (Å²) in [5.41, 5.74) is 3.91. The first-order valence-electron chi connectivity index (χ1n) is 11.7. The number of aryl methyl sites for hydroxylation is 1. The van der Waals surface area contributed by atoms with Gasteiger partial charge in [0.25, 0.3) is 0 Å². The van der Waals surface area contributed by atoms with E-state index in [1.54, 1.807) is 24.6 Å². The van der Waals surface area contributed by atoms with Gasteiger partial charge in [0.2, 0.25) is 10.0 Å². The number of allylic oxidation sites excluding steroid dienone is 1. The van der Waals surface area contributed by atoms with Crippen molar-refractivity contribution in [1.29, 1.82) is 0 Å². The molecule has 0 amide bonds. The molecule has 5 nitrogen and oxygen atoms in total. The van der Waals surface area contributed by atoms with E-state index in [1.165, 1.54) is 0 Å². The Labute approximate surface area is 210 Å². The van der Waals surface area contributed by atoms with E-state index in [4.69, 9.17) is 9.47 Å². The van der Waals surface area contributed by atoms with Crippen LogP contribution in [0, 0.1) is 6.92 Å². The molecule has 186 valence electrons. The first kappa shape index (κ1) is 26.5. The molecule has 0 fully saturated rings. The van der Waals surface area contributed by atoms with Gasteiger partial charge in [-0.15, -0.1) is 6.58 Å². The van der Waals surface area contributed by atoms with E-state index in [0.29, 0.717) is 6.42 Å². The van der Waals surface area contributed by atoms with Gasteiger partial charge in [0.05, 0.1) is 19.5 Å². The molecule has 0 spiro atoms. The lowest BCUT2D eigenvalue weighted by molar-refractivity contribution is 0.387. The van der Waals surface area contributed by atoms with E-state index in [9.17, 15) is 8.42 Å². The average Bonchev–Trinajstić information content (AvgIpc) is 2.88. The van der Waals surface area contributed by atoms with Crippen LogP contribution in [-0.2, 0) is 23.1 Å². The van der Waals surface area contributed by atoms with Gasteiger partial charge in [-0.2, -0.15) is 4.31 Å². The zero-order valence-electron chi connectivity index (χ0n) is 21.0. The van der Waals surface area contributed by atoms with E-state index in [1.807, 2.05) is 86.6 Å². The first-order valence-corrected chi connectivity index (χ1v) is 13.2. The van der Waals surface area contributed by atoms with E-state index in [-0.39, 0.29) is 19.0 Å². The summed E-state index contributed by atoms with van der Waals surface area (Å²) in [7, 11) is -0.465. The largest absolute Gasteiger partial charge is 0.497 e. The normalized spacial score (nSPS) is 13.3. The molecule has 0 heterocycles. The number of ether oxygens (including phenoxy) is 2. The monoisotopic (exact) mass is 493 g/mol. The third-order valence-corrected chi connectivity index (χ3v) is 8.69. The highest BCUT2D eigenvalue weighted by Gasteiger charge is 2.35. The zero-order chi connectivity index (χ0) is 25.4. The fraction of sp³-hybridized carbons (Fsp3) is 0.310. The fourth-order valence-corrected chi connectivity index (χ4v) is 6.10. The highest BCUT2D eigenvalue weighted by Crippen LogP contribution is 2.33. The maximum atomic E-state index is 14.1. The zero-order valence-corrected chi connectivity index (χ0v) is 21.8. The predicted molar refractivity (Wildman–Crippen MR) is 142 cm³/mol. The number of hydrogen-bond donors (Lipinski definition) is 0. The maximum absolute atomic E-state index is 14.1. The molecular formula is C29H35NO4S. The minimum Gasteiger partial charge on any atom is -0.497 e. The molecule has 0 bridgehead atoms. The first-order chi connectivity index (χ1) is 16.8. The topological polar surface area (TPSA) is 55.8 Å². The van der Waals surface area contributed by atoms with Crippen LogP contribution in [0.25, 0.3) is 0 Å². The van der Waals surface area contributed by atoms with Crippen molar-refractivity contribution >= 4 is 10.0 Å². The molecule has 0 saturated carbocycles. The van der Waals surface area contributed by atoms with Crippen molar-refractivity contribution in [1.82, 2.24) is 4.31 Å². The van der Waals surface area contributed by atoms with Crippen LogP contribution in [0.2, 0.25) is 0 Å². The summed E-state index contributed by atoms with van der Waals surface area (Å²) in [4.78, 5) is 0. The summed E-state index contributed by atoms with van der Waals surface area (Å²) in [5.74, 6) is 1.27. The van der Waals surface area contributed by atoms with E-state index < -0.39 is 15.3 Å². The van der Waals surface area contributed by atoms with Crippen LogP contribution < -0.4 is 9.47 Å². The lowest BCUT2D eigenvalue weighted by Gasteiger charge is -2.31. The Bertz CT molecular complexity index is 1150. The summed E-state index contributed by atoms with van der Waals surface area (Å²) in [6.07, 6.45) is 2.38. The van der Waals surface area contributed by atoms with Crippen molar-refractivity contribution in [3.8, 4) is 11.5 Å². The fourth-order valence-electron chi connectivity index (χ4n) is 4.30. The van der Waals surface area contributed by atoms with E-state index in [0.717, 1.165) is 33.8 Å². The molecule has 3 aromatic rings. The second kappa shape index (κ2) is 12.0. The van der Waals surface area contributed by atoms with E-state index >= 15 is 0 Å². The van der Waals surface area contributed by atoms with Gasteiger partial charge in [0, 0.05) is 19.0 Å². The highest BCUT2D eigenvalue weighted by atomic mass is 32.2. The SMILES string of the molecule is C=CC[C@@H](c1ccccc1C)[C@@H](C)S(=O)(=O)N(Cc1ccc(OC)cc1)Cc1ccc(OC)cc1. The third kappa shape index (κ3) is 6.53. The summed E-state index contributed by atoms with van der Waals surface area (Å²) >= 11 is 0. The Morgan fingerprint density at radius 1 is 0.857 bits per heavy atom. The number of sulfonamides is 1. The van der Waals surface area contributed by atoms with Crippen LogP contribution in [0.1, 0.15) is 41.5 Å². The van der Waals surface area contributed by atoms with Gasteiger partial charge in [-0.05, 0) is 66.8 Å². The molecule has 3 rings (SSSR count). The molecule has 0 N–H and O–H groups in total. The molecule has 0 radical (unpaired) electrons. The molecule has 6 heteroatoms. The standard InChI is InChI=1S/C29H35NO4S/c1-6-9-29(28-11-8-7-10-22(28)2)23(3)35(31,32)30(20-24-12-16-26(33-4)17-13-24)21-25-14-18-27(34-5)19-15-25/h6-8,10-19,23,29H,1,9,20-21H2,2-5H3/t23-,29-/m1/s1. The van der Waals surface area contributed by atoms with Crippen molar-refractivity contribution in [2.24, 2.45) is 0 Å². The predicted octanol–water partition coefficient (Wildman–Crippen LogP) is 6.09. The maximum Gasteiger partial charge on any atom is 0.217 e.